The summed E-state index contributed by atoms with van der Waals surface area (Å²) >= 11 is 6.57. The van der Waals surface area contributed by atoms with Crippen molar-refractivity contribution in [3.63, 3.8) is 0 Å². The number of nitrogens with zero attached hydrogens (tertiary/aromatic N) is 3. The molecule has 0 unspecified atom stereocenters. The second-order valence-corrected chi connectivity index (χ2v) is 11.7. The highest BCUT2D eigenvalue weighted by Crippen LogP contribution is 2.37. The zero-order valence-electron chi connectivity index (χ0n) is 17.2. The van der Waals surface area contributed by atoms with E-state index in [4.69, 9.17) is 12.2 Å². The summed E-state index contributed by atoms with van der Waals surface area (Å²) in [6.45, 7) is 0. The Morgan fingerprint density at radius 2 is 1.85 bits per heavy atom. The molecule has 0 N–H and O–H groups in total. The summed E-state index contributed by atoms with van der Waals surface area (Å²) in [5.74, 6) is -0.661. The van der Waals surface area contributed by atoms with Gasteiger partial charge >= 0.3 is 0 Å². The molecule has 6 nitrogen and oxygen atoms in total. The fourth-order valence-corrected chi connectivity index (χ4v) is 7.04. The van der Waals surface area contributed by atoms with E-state index >= 15 is 0 Å². The number of para-hydroxylation sites is 1. The summed E-state index contributed by atoms with van der Waals surface area (Å²) in [7, 11) is -3.16. The zero-order valence-corrected chi connectivity index (χ0v) is 19.7. The van der Waals surface area contributed by atoms with Crippen molar-refractivity contribution in [1.29, 1.82) is 0 Å². The number of sulfone groups is 1. The molecular weight excluding hydrogens is 481 g/mol. The van der Waals surface area contributed by atoms with E-state index in [0.29, 0.717) is 32.5 Å². The number of rotatable bonds is 4. The van der Waals surface area contributed by atoms with Crippen LogP contribution in [0.5, 0.6) is 0 Å². The summed E-state index contributed by atoms with van der Waals surface area (Å²) in [4.78, 5) is 15.0. The molecule has 1 amide bonds. The number of carbonyl (C=O) groups excluding carboxylic acids is 1. The lowest BCUT2D eigenvalue weighted by Crippen LogP contribution is -2.39. The third-order valence-electron chi connectivity index (χ3n) is 5.56. The maximum absolute atomic E-state index is 13.5. The van der Waals surface area contributed by atoms with Gasteiger partial charge < -0.3 is 0 Å². The van der Waals surface area contributed by atoms with Crippen molar-refractivity contribution in [2.45, 2.75) is 12.5 Å². The predicted octanol–water partition coefficient (Wildman–Crippen LogP) is 4.07. The van der Waals surface area contributed by atoms with Crippen LogP contribution in [0.25, 0.3) is 23.0 Å². The largest absolute Gasteiger partial charge is 0.289 e. The number of amides is 1. The van der Waals surface area contributed by atoms with E-state index < -0.39 is 15.9 Å². The maximum Gasteiger partial charge on any atom is 0.266 e. The monoisotopic (exact) mass is 499 g/mol. The Labute approximate surface area is 200 Å². The molecule has 0 saturated carbocycles. The third-order valence-corrected chi connectivity index (χ3v) is 8.65. The minimum Gasteiger partial charge on any atom is -0.289 e. The maximum atomic E-state index is 13.5. The lowest BCUT2D eigenvalue weighted by molar-refractivity contribution is -0.123. The Hall–Kier alpha value is -2.82. The van der Waals surface area contributed by atoms with E-state index in [1.165, 1.54) is 17.0 Å². The van der Waals surface area contributed by atoms with Crippen LogP contribution >= 0.6 is 24.0 Å². The van der Waals surface area contributed by atoms with Crippen LogP contribution in [0.3, 0.4) is 0 Å². The molecule has 0 spiro atoms. The first kappa shape index (κ1) is 22.0. The first-order chi connectivity index (χ1) is 15.8. The predicted molar refractivity (Wildman–Crippen MR) is 131 cm³/mol. The van der Waals surface area contributed by atoms with Gasteiger partial charge in [0.1, 0.15) is 10.1 Å². The van der Waals surface area contributed by atoms with E-state index in [0.717, 1.165) is 17.4 Å². The Morgan fingerprint density at radius 3 is 2.52 bits per heavy atom. The van der Waals surface area contributed by atoms with Gasteiger partial charge in [-0.15, -0.1) is 0 Å². The Morgan fingerprint density at radius 1 is 1.12 bits per heavy atom. The Balaban J connectivity index is 1.54. The molecule has 2 saturated heterocycles. The molecule has 0 radical (unpaired) electrons. The minimum absolute atomic E-state index is 0.0618. The van der Waals surface area contributed by atoms with Crippen molar-refractivity contribution in [2.75, 3.05) is 11.5 Å². The topological polar surface area (TPSA) is 72.3 Å². The number of hydrogen-bond donors (Lipinski definition) is 0. The molecule has 0 bridgehead atoms. The van der Waals surface area contributed by atoms with Crippen LogP contribution in [0.4, 0.5) is 4.39 Å². The molecular formula is C23H18FN3O3S3. The molecule has 1 aromatic heterocycles. The van der Waals surface area contributed by atoms with E-state index in [9.17, 15) is 17.6 Å². The molecule has 3 aromatic rings. The fraction of sp³-hybridized carbons (Fsp3) is 0.174. The highest BCUT2D eigenvalue weighted by atomic mass is 32.2. The van der Waals surface area contributed by atoms with E-state index in [1.54, 1.807) is 29.1 Å². The number of carbonyl (C=O) groups is 1. The molecule has 168 valence electrons. The fourth-order valence-electron chi connectivity index (χ4n) is 3.95. The summed E-state index contributed by atoms with van der Waals surface area (Å²) in [5.41, 5.74) is 2.80. The first-order valence-corrected chi connectivity index (χ1v) is 13.2. The summed E-state index contributed by atoms with van der Waals surface area (Å²) in [6, 6.07) is 15.1. The number of halogens is 1. The van der Waals surface area contributed by atoms with Crippen molar-refractivity contribution in [3.05, 3.63) is 77.1 Å². The summed E-state index contributed by atoms with van der Waals surface area (Å²) < 4.78 is 39.4. The van der Waals surface area contributed by atoms with Crippen molar-refractivity contribution >= 4 is 50.1 Å². The normalized spacial score (nSPS) is 21.3. The number of thioether (sulfide) groups is 1. The summed E-state index contributed by atoms with van der Waals surface area (Å²) in [5, 5.41) is 4.69. The quantitative estimate of drug-likeness (QED) is 0.398. The van der Waals surface area contributed by atoms with Crippen molar-refractivity contribution < 1.29 is 17.6 Å². The average Bonchev–Trinajstić information content (AvgIpc) is 3.45. The second-order valence-electron chi connectivity index (χ2n) is 7.83. The van der Waals surface area contributed by atoms with Crippen molar-refractivity contribution in [1.82, 2.24) is 14.7 Å². The Bertz CT molecular complexity index is 1380. The number of aromatic nitrogens is 2. The molecule has 1 atom stereocenters. The highest BCUT2D eigenvalue weighted by Gasteiger charge is 2.42. The highest BCUT2D eigenvalue weighted by molar-refractivity contribution is 8.26. The average molecular weight is 500 g/mol. The summed E-state index contributed by atoms with van der Waals surface area (Å²) in [6.07, 6.45) is 3.91. The molecule has 10 heteroatoms. The second kappa shape index (κ2) is 8.51. The molecule has 5 rings (SSSR count). The number of thiocarbonyl (C=S) groups is 1. The van der Waals surface area contributed by atoms with Crippen LogP contribution < -0.4 is 0 Å². The minimum atomic E-state index is -3.16. The standard InChI is InChI=1S/C23H18FN3O3S3/c24-17-8-6-15(7-9-17)21-16(13-26(25-21)18-4-2-1-3-5-18)12-20-22(28)27(23(31)32-20)19-10-11-33(29,30)14-19/h1-9,12-13,19H,10-11,14H2/b20-12-/t19-/m0/s1. The van der Waals surface area contributed by atoms with Gasteiger partial charge in [0, 0.05) is 17.3 Å². The van der Waals surface area contributed by atoms with Gasteiger partial charge in [0.15, 0.2) is 9.84 Å². The van der Waals surface area contributed by atoms with E-state index in [1.807, 2.05) is 30.3 Å². The number of hydrogen-bond acceptors (Lipinski definition) is 6. The van der Waals surface area contributed by atoms with Gasteiger partial charge in [0.05, 0.1) is 33.8 Å². The van der Waals surface area contributed by atoms with Crippen LogP contribution in [0, 0.1) is 5.82 Å². The van der Waals surface area contributed by atoms with Crippen LogP contribution in [0.1, 0.15) is 12.0 Å². The molecule has 3 heterocycles. The smallest absolute Gasteiger partial charge is 0.266 e. The molecule has 2 fully saturated rings. The van der Waals surface area contributed by atoms with E-state index in [2.05, 4.69) is 5.10 Å². The van der Waals surface area contributed by atoms with Gasteiger partial charge in [-0.1, -0.05) is 42.2 Å². The van der Waals surface area contributed by atoms with Crippen molar-refractivity contribution in [3.8, 4) is 16.9 Å². The molecule has 2 aliphatic heterocycles. The molecule has 2 aromatic carbocycles. The van der Waals surface area contributed by atoms with Gasteiger partial charge in [-0.25, -0.2) is 17.5 Å². The van der Waals surface area contributed by atoms with Gasteiger partial charge in [-0.05, 0) is 48.9 Å². The SMILES string of the molecule is O=C1/C(=C/c2cn(-c3ccccc3)nc2-c2ccc(F)cc2)SC(=S)N1[C@H]1CCS(=O)(=O)C1. The van der Waals surface area contributed by atoms with E-state index in [-0.39, 0.29) is 23.2 Å². The van der Waals surface area contributed by atoms with Crippen LogP contribution in [0.2, 0.25) is 0 Å². The first-order valence-electron chi connectivity index (χ1n) is 10.2. The van der Waals surface area contributed by atoms with Crippen LogP contribution in [-0.2, 0) is 14.6 Å². The number of benzene rings is 2. The van der Waals surface area contributed by atoms with Gasteiger partial charge in [0.25, 0.3) is 5.91 Å². The van der Waals surface area contributed by atoms with Gasteiger partial charge in [0.2, 0.25) is 0 Å². The lowest BCUT2D eigenvalue weighted by atomic mass is 10.1. The third kappa shape index (κ3) is 4.38. The molecule has 2 aliphatic rings. The van der Waals surface area contributed by atoms with Crippen LogP contribution in [-0.4, -0.2) is 50.9 Å². The molecule has 33 heavy (non-hydrogen) atoms. The zero-order chi connectivity index (χ0) is 23.2. The van der Waals surface area contributed by atoms with Gasteiger partial charge in [-0.3, -0.25) is 9.69 Å². The molecule has 0 aliphatic carbocycles. The van der Waals surface area contributed by atoms with Crippen LogP contribution in [0.15, 0.2) is 65.7 Å². The lowest BCUT2D eigenvalue weighted by Gasteiger charge is -2.20. The van der Waals surface area contributed by atoms with Gasteiger partial charge in [-0.2, -0.15) is 5.10 Å². The Kier molecular flexibility index (Phi) is 5.67. The van der Waals surface area contributed by atoms with Crippen molar-refractivity contribution in [2.24, 2.45) is 0 Å².